The van der Waals surface area contributed by atoms with Crippen molar-refractivity contribution in [1.82, 2.24) is 9.80 Å². The minimum Gasteiger partial charge on any atom is -0.293 e. The van der Waals surface area contributed by atoms with Gasteiger partial charge in [0.1, 0.15) is 0 Å². The van der Waals surface area contributed by atoms with Crippen LogP contribution in [-0.2, 0) is 9.59 Å². The van der Waals surface area contributed by atoms with Crippen LogP contribution in [0.2, 0.25) is 0 Å². The van der Waals surface area contributed by atoms with E-state index in [-0.39, 0.29) is 17.9 Å². The zero-order valence-electron chi connectivity index (χ0n) is 13.5. The molecular weight excluding hydrogens is 298 g/mol. The van der Waals surface area contributed by atoms with Gasteiger partial charge in [-0.2, -0.15) is 0 Å². The van der Waals surface area contributed by atoms with Crippen LogP contribution < -0.4 is 0 Å². The molecule has 1 aliphatic carbocycles. The average Bonchev–Trinajstić information content (AvgIpc) is 2.77. The van der Waals surface area contributed by atoms with E-state index in [1.54, 1.807) is 6.21 Å². The van der Waals surface area contributed by atoms with E-state index in [1.807, 2.05) is 13.8 Å². The Morgan fingerprint density at radius 1 is 1.05 bits per heavy atom. The highest BCUT2D eigenvalue weighted by Gasteiger charge is 2.41. The maximum Gasteiger partial charge on any atom is 0.246 e. The first-order chi connectivity index (χ1) is 10.6. The molecule has 0 N–H and O–H groups in total. The molecule has 0 unspecified atom stereocenters. The number of thiocarbonyl (C=S) groups is 1. The van der Waals surface area contributed by atoms with E-state index in [2.05, 4.69) is 4.99 Å². The number of carbonyl (C=O) groups is 2. The first-order valence-electron chi connectivity index (χ1n) is 8.30. The third kappa shape index (κ3) is 3.54. The number of hydrogen-bond donors (Lipinski definition) is 0. The summed E-state index contributed by atoms with van der Waals surface area (Å²) in [4.78, 5) is 32.5. The van der Waals surface area contributed by atoms with Crippen molar-refractivity contribution in [3.05, 3.63) is 0 Å². The van der Waals surface area contributed by atoms with Crippen LogP contribution in [0, 0.1) is 5.92 Å². The summed E-state index contributed by atoms with van der Waals surface area (Å²) in [5.74, 6) is -1.28. The second-order valence-electron chi connectivity index (χ2n) is 5.87. The van der Waals surface area contributed by atoms with Crippen molar-refractivity contribution in [3.63, 3.8) is 0 Å². The fourth-order valence-corrected chi connectivity index (χ4v) is 3.54. The Hall–Kier alpha value is -1.30. The molecule has 5 nitrogen and oxygen atoms in total. The number of carbonyl (C=O) groups excluding carboxylic acids is 2. The second kappa shape index (κ2) is 7.81. The molecule has 0 spiro atoms. The molecule has 0 aromatic carbocycles. The number of amides is 2. The van der Waals surface area contributed by atoms with Crippen LogP contribution in [0.4, 0.5) is 0 Å². The van der Waals surface area contributed by atoms with Gasteiger partial charge < -0.3 is 0 Å². The largest absolute Gasteiger partial charge is 0.293 e. The monoisotopic (exact) mass is 323 g/mol. The molecule has 122 valence electrons. The SMILES string of the molecule is CCN1C(=O)C(C=NC2CCCCCC2)C(=O)N(CC)C1=S. The van der Waals surface area contributed by atoms with Gasteiger partial charge in [-0.05, 0) is 38.9 Å². The van der Waals surface area contributed by atoms with Gasteiger partial charge in [0.2, 0.25) is 11.8 Å². The molecule has 0 radical (unpaired) electrons. The summed E-state index contributed by atoms with van der Waals surface area (Å²) in [6.07, 6.45) is 8.57. The Balaban J connectivity index is 2.14. The van der Waals surface area contributed by atoms with E-state index in [0.717, 1.165) is 12.8 Å². The third-order valence-electron chi connectivity index (χ3n) is 4.43. The zero-order chi connectivity index (χ0) is 16.1. The molecule has 1 aliphatic heterocycles. The smallest absolute Gasteiger partial charge is 0.246 e. The molecule has 0 bridgehead atoms. The Kier molecular flexibility index (Phi) is 6.06. The lowest BCUT2D eigenvalue weighted by Crippen LogP contribution is -2.59. The Morgan fingerprint density at radius 2 is 1.55 bits per heavy atom. The Labute approximate surface area is 137 Å². The number of rotatable bonds is 4. The predicted octanol–water partition coefficient (Wildman–Crippen LogP) is 2.39. The summed E-state index contributed by atoms with van der Waals surface area (Å²) in [6.45, 7) is 4.70. The van der Waals surface area contributed by atoms with E-state index in [9.17, 15) is 9.59 Å². The highest BCUT2D eigenvalue weighted by molar-refractivity contribution is 7.80. The molecular formula is C16H25N3O2S. The van der Waals surface area contributed by atoms with E-state index in [1.165, 1.54) is 35.5 Å². The summed E-state index contributed by atoms with van der Waals surface area (Å²) < 4.78 is 0. The minimum absolute atomic E-state index is 0.237. The van der Waals surface area contributed by atoms with E-state index in [4.69, 9.17) is 12.2 Å². The molecule has 2 aliphatic rings. The van der Waals surface area contributed by atoms with Crippen molar-refractivity contribution in [2.75, 3.05) is 13.1 Å². The van der Waals surface area contributed by atoms with Gasteiger partial charge in [-0.3, -0.25) is 24.4 Å². The second-order valence-corrected chi connectivity index (χ2v) is 6.23. The predicted molar refractivity (Wildman–Crippen MR) is 90.8 cm³/mol. The van der Waals surface area contributed by atoms with E-state index in [0.29, 0.717) is 18.2 Å². The average molecular weight is 323 g/mol. The van der Waals surface area contributed by atoms with Crippen molar-refractivity contribution in [3.8, 4) is 0 Å². The van der Waals surface area contributed by atoms with Gasteiger partial charge >= 0.3 is 0 Å². The quantitative estimate of drug-likeness (QED) is 0.345. The maximum atomic E-state index is 12.5. The van der Waals surface area contributed by atoms with Gasteiger partial charge in [0.25, 0.3) is 0 Å². The summed E-state index contributed by atoms with van der Waals surface area (Å²) >= 11 is 5.25. The molecule has 0 aromatic rings. The fraction of sp³-hybridized carbons (Fsp3) is 0.750. The highest BCUT2D eigenvalue weighted by Crippen LogP contribution is 2.21. The molecule has 2 fully saturated rings. The zero-order valence-corrected chi connectivity index (χ0v) is 14.3. The minimum atomic E-state index is -0.810. The van der Waals surface area contributed by atoms with E-state index >= 15 is 0 Å². The molecule has 6 heteroatoms. The molecule has 0 atom stereocenters. The highest BCUT2D eigenvalue weighted by atomic mass is 32.1. The van der Waals surface area contributed by atoms with Crippen LogP contribution in [0.25, 0.3) is 0 Å². The summed E-state index contributed by atoms with van der Waals surface area (Å²) in [6, 6.07) is 0.252. The third-order valence-corrected chi connectivity index (χ3v) is 4.87. The van der Waals surface area contributed by atoms with Crippen molar-refractivity contribution >= 4 is 35.4 Å². The van der Waals surface area contributed by atoms with E-state index < -0.39 is 5.92 Å². The summed E-state index contributed by atoms with van der Waals surface area (Å²) in [5.41, 5.74) is 0. The van der Waals surface area contributed by atoms with Crippen molar-refractivity contribution in [1.29, 1.82) is 0 Å². The lowest BCUT2D eigenvalue weighted by Gasteiger charge is -2.37. The lowest BCUT2D eigenvalue weighted by atomic mass is 10.0. The Bertz CT molecular complexity index is 444. The standard InChI is InChI=1S/C16H25N3O2S/c1-3-18-14(20)13(15(21)19(4-2)16(18)22)11-17-12-9-7-5-6-8-10-12/h11-13H,3-10H2,1-2H3. The van der Waals surface area contributed by atoms with Crippen molar-refractivity contribution in [2.24, 2.45) is 10.9 Å². The molecule has 1 saturated carbocycles. The maximum absolute atomic E-state index is 12.5. The van der Waals surface area contributed by atoms with Gasteiger partial charge in [0, 0.05) is 25.3 Å². The van der Waals surface area contributed by atoms with Crippen LogP contribution in [0.3, 0.4) is 0 Å². The number of hydrogen-bond acceptors (Lipinski definition) is 4. The number of nitrogens with zero attached hydrogens (tertiary/aromatic N) is 3. The summed E-state index contributed by atoms with van der Waals surface area (Å²) in [5, 5.41) is 0.319. The Morgan fingerprint density at radius 3 is 2.00 bits per heavy atom. The van der Waals surface area contributed by atoms with Crippen LogP contribution in [0.15, 0.2) is 4.99 Å². The van der Waals surface area contributed by atoms with Gasteiger partial charge in [-0.25, -0.2) is 0 Å². The van der Waals surface area contributed by atoms with Crippen LogP contribution >= 0.6 is 12.2 Å². The lowest BCUT2D eigenvalue weighted by molar-refractivity contribution is -0.143. The first-order valence-corrected chi connectivity index (χ1v) is 8.71. The molecule has 2 amide bonds. The summed E-state index contributed by atoms with van der Waals surface area (Å²) in [7, 11) is 0. The molecule has 2 rings (SSSR count). The van der Waals surface area contributed by atoms with Gasteiger partial charge in [-0.15, -0.1) is 0 Å². The fourth-order valence-electron chi connectivity index (χ4n) is 3.10. The molecule has 1 saturated heterocycles. The van der Waals surface area contributed by atoms with Crippen molar-refractivity contribution < 1.29 is 9.59 Å². The topological polar surface area (TPSA) is 53.0 Å². The van der Waals surface area contributed by atoms with Crippen LogP contribution in [0.5, 0.6) is 0 Å². The first kappa shape index (κ1) is 17.1. The number of aliphatic imine (C=N–C) groups is 1. The van der Waals surface area contributed by atoms with Gasteiger partial charge in [0.15, 0.2) is 11.0 Å². The van der Waals surface area contributed by atoms with Gasteiger partial charge in [0.05, 0.1) is 0 Å². The van der Waals surface area contributed by atoms with Crippen LogP contribution in [0.1, 0.15) is 52.4 Å². The normalized spacial score (nSPS) is 22.7. The molecule has 22 heavy (non-hydrogen) atoms. The van der Waals surface area contributed by atoms with Crippen LogP contribution in [-0.4, -0.2) is 52.1 Å². The van der Waals surface area contributed by atoms with Crippen molar-refractivity contribution in [2.45, 2.75) is 58.4 Å². The molecule has 0 aromatic heterocycles. The molecule has 1 heterocycles. The van der Waals surface area contributed by atoms with Gasteiger partial charge in [-0.1, -0.05) is 25.7 Å².